The van der Waals surface area contributed by atoms with E-state index in [0.29, 0.717) is 12.1 Å². The molecule has 0 radical (unpaired) electrons. The standard InChI is InChI=1S/C9H14N2O2S/c1-3-4-14(12,13)9-5-8(10)7(2)6-11-9/h5-6H,3-4H2,1-2H3,(H2,10,11). The predicted molar refractivity (Wildman–Crippen MR) is 55.7 cm³/mol. The molecule has 5 heteroatoms. The minimum atomic E-state index is -3.24. The number of anilines is 1. The van der Waals surface area contributed by atoms with Crippen molar-refractivity contribution in [3.8, 4) is 0 Å². The first-order valence-electron chi connectivity index (χ1n) is 4.42. The van der Waals surface area contributed by atoms with Crippen molar-refractivity contribution in [3.63, 3.8) is 0 Å². The minimum Gasteiger partial charge on any atom is -0.398 e. The molecular weight excluding hydrogens is 200 g/mol. The van der Waals surface area contributed by atoms with Gasteiger partial charge in [0.1, 0.15) is 0 Å². The van der Waals surface area contributed by atoms with Crippen LogP contribution in [0.25, 0.3) is 0 Å². The zero-order valence-electron chi connectivity index (χ0n) is 8.32. The van der Waals surface area contributed by atoms with Crippen LogP contribution in [-0.4, -0.2) is 19.2 Å². The van der Waals surface area contributed by atoms with E-state index in [9.17, 15) is 8.42 Å². The first kappa shape index (κ1) is 11.0. The van der Waals surface area contributed by atoms with E-state index in [-0.39, 0.29) is 10.8 Å². The van der Waals surface area contributed by atoms with E-state index >= 15 is 0 Å². The van der Waals surface area contributed by atoms with Crippen molar-refractivity contribution in [1.29, 1.82) is 0 Å². The molecule has 2 N–H and O–H groups in total. The van der Waals surface area contributed by atoms with Gasteiger partial charge in [-0.1, -0.05) is 6.92 Å². The van der Waals surface area contributed by atoms with Crippen molar-refractivity contribution in [2.45, 2.75) is 25.3 Å². The molecule has 14 heavy (non-hydrogen) atoms. The van der Waals surface area contributed by atoms with Gasteiger partial charge < -0.3 is 5.73 Å². The highest BCUT2D eigenvalue weighted by Gasteiger charge is 2.15. The summed E-state index contributed by atoms with van der Waals surface area (Å²) in [4.78, 5) is 3.86. The topological polar surface area (TPSA) is 73.0 Å². The van der Waals surface area contributed by atoms with Crippen molar-refractivity contribution < 1.29 is 8.42 Å². The lowest BCUT2D eigenvalue weighted by Gasteiger charge is -2.04. The van der Waals surface area contributed by atoms with E-state index in [1.165, 1.54) is 12.3 Å². The van der Waals surface area contributed by atoms with Gasteiger partial charge in [-0.05, 0) is 25.0 Å². The Morgan fingerprint density at radius 1 is 1.50 bits per heavy atom. The number of aromatic nitrogens is 1. The molecule has 4 nitrogen and oxygen atoms in total. The van der Waals surface area contributed by atoms with E-state index in [2.05, 4.69) is 4.98 Å². The summed E-state index contributed by atoms with van der Waals surface area (Å²) in [6.07, 6.45) is 2.07. The highest BCUT2D eigenvalue weighted by atomic mass is 32.2. The third-order valence-corrected chi connectivity index (χ3v) is 3.72. The van der Waals surface area contributed by atoms with E-state index in [0.717, 1.165) is 5.56 Å². The summed E-state index contributed by atoms with van der Waals surface area (Å²) >= 11 is 0. The average molecular weight is 214 g/mol. The zero-order chi connectivity index (χ0) is 10.8. The smallest absolute Gasteiger partial charge is 0.195 e. The third kappa shape index (κ3) is 2.23. The van der Waals surface area contributed by atoms with Crippen LogP contribution in [0.1, 0.15) is 18.9 Å². The maximum atomic E-state index is 11.6. The Hall–Kier alpha value is -1.10. The Labute approximate surface area is 84.1 Å². The molecule has 1 aromatic heterocycles. The molecule has 0 spiro atoms. The van der Waals surface area contributed by atoms with Crippen molar-refractivity contribution in [1.82, 2.24) is 4.98 Å². The largest absolute Gasteiger partial charge is 0.398 e. The van der Waals surface area contributed by atoms with Gasteiger partial charge in [-0.3, -0.25) is 0 Å². The Morgan fingerprint density at radius 2 is 2.14 bits per heavy atom. The summed E-state index contributed by atoms with van der Waals surface area (Å²) in [7, 11) is -3.24. The van der Waals surface area contributed by atoms with E-state index in [1.54, 1.807) is 6.92 Å². The second-order valence-electron chi connectivity index (χ2n) is 3.20. The summed E-state index contributed by atoms with van der Waals surface area (Å²) in [5, 5.41) is 0.0717. The number of nitrogens with zero attached hydrogens (tertiary/aromatic N) is 1. The summed E-state index contributed by atoms with van der Waals surface area (Å²) < 4.78 is 23.2. The number of pyridine rings is 1. The van der Waals surface area contributed by atoms with Gasteiger partial charge >= 0.3 is 0 Å². The number of aryl methyl sites for hydroxylation is 1. The molecule has 78 valence electrons. The molecule has 1 aromatic rings. The lowest BCUT2D eigenvalue weighted by Crippen LogP contribution is -2.09. The molecule has 0 fully saturated rings. The molecule has 0 amide bonds. The molecule has 0 saturated heterocycles. The predicted octanol–water partition coefficient (Wildman–Crippen LogP) is 1.16. The van der Waals surface area contributed by atoms with E-state index in [1.807, 2.05) is 6.92 Å². The maximum Gasteiger partial charge on any atom is 0.195 e. The van der Waals surface area contributed by atoms with Gasteiger partial charge in [0, 0.05) is 11.9 Å². The Balaban J connectivity index is 3.15. The second-order valence-corrected chi connectivity index (χ2v) is 5.25. The van der Waals surface area contributed by atoms with Crippen LogP contribution >= 0.6 is 0 Å². The van der Waals surface area contributed by atoms with Gasteiger partial charge in [-0.25, -0.2) is 13.4 Å². The fourth-order valence-corrected chi connectivity index (χ4v) is 2.33. The van der Waals surface area contributed by atoms with Crippen LogP contribution in [-0.2, 0) is 9.84 Å². The van der Waals surface area contributed by atoms with Gasteiger partial charge in [0.25, 0.3) is 0 Å². The van der Waals surface area contributed by atoms with E-state index in [4.69, 9.17) is 5.73 Å². The molecular formula is C9H14N2O2S. The van der Waals surface area contributed by atoms with Gasteiger partial charge in [0.2, 0.25) is 0 Å². The summed E-state index contributed by atoms with van der Waals surface area (Å²) in [5.74, 6) is 0.114. The van der Waals surface area contributed by atoms with Crippen molar-refractivity contribution in [2.24, 2.45) is 0 Å². The number of sulfone groups is 1. The zero-order valence-corrected chi connectivity index (χ0v) is 9.13. The van der Waals surface area contributed by atoms with Crippen LogP contribution < -0.4 is 5.73 Å². The van der Waals surface area contributed by atoms with Crippen molar-refractivity contribution >= 4 is 15.5 Å². The Kier molecular flexibility index (Phi) is 3.10. The number of rotatable bonds is 3. The third-order valence-electron chi connectivity index (χ3n) is 1.91. The van der Waals surface area contributed by atoms with Crippen LogP contribution in [0.3, 0.4) is 0 Å². The fraction of sp³-hybridized carbons (Fsp3) is 0.444. The van der Waals surface area contributed by atoms with Gasteiger partial charge in [-0.2, -0.15) is 0 Å². The number of hydrogen-bond acceptors (Lipinski definition) is 4. The molecule has 0 aliphatic carbocycles. The molecule has 1 heterocycles. The molecule has 0 atom stereocenters. The molecule has 1 rings (SSSR count). The van der Waals surface area contributed by atoms with Crippen LogP contribution in [0, 0.1) is 6.92 Å². The second kappa shape index (κ2) is 3.96. The van der Waals surface area contributed by atoms with Crippen LogP contribution in [0.2, 0.25) is 0 Å². The molecule has 0 aromatic carbocycles. The quantitative estimate of drug-likeness (QED) is 0.819. The molecule has 0 saturated carbocycles. The molecule has 0 aliphatic heterocycles. The lowest BCUT2D eigenvalue weighted by atomic mass is 10.3. The summed E-state index contributed by atoms with van der Waals surface area (Å²) in [6, 6.07) is 1.42. The van der Waals surface area contributed by atoms with Gasteiger partial charge in [0.05, 0.1) is 5.75 Å². The van der Waals surface area contributed by atoms with Crippen LogP contribution in [0.5, 0.6) is 0 Å². The highest BCUT2D eigenvalue weighted by Crippen LogP contribution is 2.15. The maximum absolute atomic E-state index is 11.6. The van der Waals surface area contributed by atoms with Gasteiger partial charge in [0.15, 0.2) is 14.9 Å². The molecule has 0 aliphatic rings. The average Bonchev–Trinajstić information content (AvgIpc) is 2.09. The van der Waals surface area contributed by atoms with Crippen LogP contribution in [0.4, 0.5) is 5.69 Å². The van der Waals surface area contributed by atoms with Crippen LogP contribution in [0.15, 0.2) is 17.3 Å². The first-order chi connectivity index (χ1) is 6.47. The van der Waals surface area contributed by atoms with Gasteiger partial charge in [-0.15, -0.1) is 0 Å². The number of nitrogens with two attached hydrogens (primary N) is 1. The number of hydrogen-bond donors (Lipinski definition) is 1. The lowest BCUT2D eigenvalue weighted by molar-refractivity contribution is 0.591. The van der Waals surface area contributed by atoms with E-state index < -0.39 is 9.84 Å². The monoisotopic (exact) mass is 214 g/mol. The highest BCUT2D eigenvalue weighted by molar-refractivity contribution is 7.91. The summed E-state index contributed by atoms with van der Waals surface area (Å²) in [6.45, 7) is 3.60. The summed E-state index contributed by atoms with van der Waals surface area (Å²) in [5.41, 5.74) is 6.87. The normalized spacial score (nSPS) is 11.6. The fourth-order valence-electron chi connectivity index (χ4n) is 1.06. The van der Waals surface area contributed by atoms with Crippen molar-refractivity contribution in [3.05, 3.63) is 17.8 Å². The Morgan fingerprint density at radius 3 is 2.64 bits per heavy atom. The molecule has 0 bridgehead atoms. The minimum absolute atomic E-state index is 0.0717. The number of nitrogen functional groups attached to an aromatic ring is 1. The van der Waals surface area contributed by atoms with Crippen molar-refractivity contribution in [2.75, 3.05) is 11.5 Å². The SMILES string of the molecule is CCCS(=O)(=O)c1cc(N)c(C)cn1. The first-order valence-corrected chi connectivity index (χ1v) is 6.07. The molecule has 0 unspecified atom stereocenters. The Bertz CT molecular complexity index is 426.